The third-order valence-electron chi connectivity index (χ3n) is 5.15. The van der Waals surface area contributed by atoms with Crippen molar-refractivity contribution < 1.29 is 4.79 Å². The lowest BCUT2D eigenvalue weighted by Gasteiger charge is -2.15. The van der Waals surface area contributed by atoms with Crippen LogP contribution in [0.25, 0.3) is 32.9 Å². The van der Waals surface area contributed by atoms with Crippen molar-refractivity contribution in [2.24, 2.45) is 11.7 Å². The Kier molecular flexibility index (Phi) is 5.46. The molecule has 0 fully saturated rings. The first-order valence-electron chi connectivity index (χ1n) is 10.2. The second-order valence-electron chi connectivity index (χ2n) is 8.13. The highest BCUT2D eigenvalue weighted by atomic mass is 16.1. The third kappa shape index (κ3) is 4.16. The Morgan fingerprint density at radius 2 is 1.80 bits per heavy atom. The van der Waals surface area contributed by atoms with E-state index >= 15 is 0 Å². The number of pyridine rings is 2. The van der Waals surface area contributed by atoms with Crippen LogP contribution in [-0.4, -0.2) is 15.9 Å². The summed E-state index contributed by atoms with van der Waals surface area (Å²) < 4.78 is 0. The molecule has 30 heavy (non-hydrogen) atoms. The number of rotatable bonds is 5. The van der Waals surface area contributed by atoms with Crippen LogP contribution in [0.5, 0.6) is 0 Å². The van der Waals surface area contributed by atoms with Crippen molar-refractivity contribution in [2.75, 3.05) is 5.32 Å². The lowest BCUT2D eigenvalue weighted by Crippen LogP contribution is -2.14. The highest BCUT2D eigenvalue weighted by molar-refractivity contribution is 5.99. The van der Waals surface area contributed by atoms with Crippen LogP contribution in [0, 0.1) is 5.92 Å². The summed E-state index contributed by atoms with van der Waals surface area (Å²) in [5, 5.41) is 4.89. The number of hydrogen-bond acceptors (Lipinski definition) is 4. The second kappa shape index (κ2) is 8.20. The van der Waals surface area contributed by atoms with E-state index in [2.05, 4.69) is 42.3 Å². The normalized spacial score (nSPS) is 12.4. The van der Waals surface area contributed by atoms with E-state index in [9.17, 15) is 4.79 Å². The molecular weight excluding hydrogens is 372 g/mol. The van der Waals surface area contributed by atoms with Gasteiger partial charge in [0, 0.05) is 23.7 Å². The quantitative estimate of drug-likeness (QED) is 0.468. The maximum Gasteiger partial charge on any atom is 0.222 e. The zero-order valence-corrected chi connectivity index (χ0v) is 17.5. The van der Waals surface area contributed by atoms with E-state index < -0.39 is 0 Å². The molecule has 152 valence electrons. The minimum atomic E-state index is -0.142. The Hall–Kier alpha value is -3.31. The van der Waals surface area contributed by atoms with Crippen LogP contribution < -0.4 is 11.1 Å². The third-order valence-corrected chi connectivity index (χ3v) is 5.15. The van der Waals surface area contributed by atoms with E-state index in [4.69, 9.17) is 10.7 Å². The summed E-state index contributed by atoms with van der Waals surface area (Å²) >= 11 is 0. The minimum Gasteiger partial charge on any atom is -0.323 e. The van der Waals surface area contributed by atoms with Crippen LogP contribution in [-0.2, 0) is 4.79 Å². The molecule has 5 nitrogen and oxygen atoms in total. The van der Waals surface area contributed by atoms with Crippen molar-refractivity contribution in [3.63, 3.8) is 0 Å². The number of para-hydroxylation sites is 1. The first-order chi connectivity index (χ1) is 14.4. The van der Waals surface area contributed by atoms with Crippen molar-refractivity contribution in [3.8, 4) is 11.1 Å². The summed E-state index contributed by atoms with van der Waals surface area (Å²) in [6.45, 7) is 5.82. The molecule has 2 heterocycles. The molecule has 0 aliphatic carbocycles. The van der Waals surface area contributed by atoms with Crippen molar-refractivity contribution in [3.05, 3.63) is 66.4 Å². The van der Waals surface area contributed by atoms with Gasteiger partial charge in [-0.25, -0.2) is 4.98 Å². The van der Waals surface area contributed by atoms with E-state index in [0.29, 0.717) is 11.7 Å². The molecule has 0 saturated carbocycles. The number of hydrogen-bond donors (Lipinski definition) is 2. The number of anilines is 1. The van der Waals surface area contributed by atoms with Gasteiger partial charge < -0.3 is 11.1 Å². The van der Waals surface area contributed by atoms with Crippen LogP contribution in [0.4, 0.5) is 5.82 Å². The van der Waals surface area contributed by atoms with E-state index in [-0.39, 0.29) is 11.9 Å². The number of aromatic nitrogens is 2. The topological polar surface area (TPSA) is 80.9 Å². The van der Waals surface area contributed by atoms with E-state index in [1.807, 2.05) is 42.5 Å². The second-order valence-corrected chi connectivity index (χ2v) is 8.13. The monoisotopic (exact) mass is 398 g/mol. The van der Waals surface area contributed by atoms with Crippen molar-refractivity contribution >= 4 is 33.5 Å². The molecule has 0 spiro atoms. The molecule has 1 amide bonds. The first-order valence-corrected chi connectivity index (χ1v) is 10.2. The first kappa shape index (κ1) is 20.0. The smallest absolute Gasteiger partial charge is 0.222 e. The molecular formula is C25H26N4O. The maximum absolute atomic E-state index is 11.6. The molecule has 3 N–H and O–H groups in total. The van der Waals surface area contributed by atoms with Gasteiger partial charge in [-0.15, -0.1) is 0 Å². The Bertz CT molecular complexity index is 1230. The number of nitrogens with zero attached hydrogens (tertiary/aromatic N) is 2. The number of amides is 1. The summed E-state index contributed by atoms with van der Waals surface area (Å²) in [5.41, 5.74) is 11.1. The zero-order valence-electron chi connectivity index (χ0n) is 17.5. The fraction of sp³-hybridized carbons (Fsp3) is 0.240. The van der Waals surface area contributed by atoms with Crippen LogP contribution in [0.1, 0.15) is 38.9 Å². The summed E-state index contributed by atoms with van der Waals surface area (Å²) in [7, 11) is 0. The summed E-state index contributed by atoms with van der Waals surface area (Å²) in [5.74, 6) is 0.929. The van der Waals surface area contributed by atoms with Crippen LogP contribution >= 0.6 is 0 Å². The molecule has 1 unspecified atom stereocenters. The number of benzene rings is 2. The van der Waals surface area contributed by atoms with Crippen LogP contribution in [0.3, 0.4) is 0 Å². The van der Waals surface area contributed by atoms with Gasteiger partial charge in [-0.3, -0.25) is 9.78 Å². The molecule has 4 aromatic rings. The number of carbonyl (C=O) groups is 1. The molecule has 0 saturated heterocycles. The summed E-state index contributed by atoms with van der Waals surface area (Å²) in [6.07, 6.45) is 0.908. The predicted molar refractivity (Wildman–Crippen MR) is 123 cm³/mol. The molecule has 0 bridgehead atoms. The lowest BCUT2D eigenvalue weighted by atomic mass is 9.98. The van der Waals surface area contributed by atoms with Crippen molar-refractivity contribution in [1.82, 2.24) is 9.97 Å². The van der Waals surface area contributed by atoms with Crippen molar-refractivity contribution in [1.29, 1.82) is 0 Å². The molecule has 4 rings (SSSR count). The SMILES string of the molecule is CC(=O)Nc1cc(-c2ccc3nc(C(N)CC(C)C)ccc3c2)c2ccccc2n1. The molecule has 0 aliphatic rings. The largest absolute Gasteiger partial charge is 0.323 e. The van der Waals surface area contributed by atoms with Crippen molar-refractivity contribution in [2.45, 2.75) is 33.2 Å². The fourth-order valence-corrected chi connectivity index (χ4v) is 3.80. The molecule has 5 heteroatoms. The van der Waals surface area contributed by atoms with Gasteiger partial charge in [0.05, 0.1) is 16.7 Å². The molecule has 0 aliphatic heterocycles. The Morgan fingerprint density at radius 1 is 1.00 bits per heavy atom. The number of nitrogens with two attached hydrogens (primary N) is 1. The Labute approximate surface area is 176 Å². The van der Waals surface area contributed by atoms with Gasteiger partial charge in [-0.2, -0.15) is 0 Å². The molecule has 0 radical (unpaired) electrons. The fourth-order valence-electron chi connectivity index (χ4n) is 3.80. The lowest BCUT2D eigenvalue weighted by molar-refractivity contribution is -0.114. The van der Waals surface area contributed by atoms with Gasteiger partial charge in [-0.05, 0) is 53.8 Å². The zero-order chi connectivity index (χ0) is 21.3. The van der Waals surface area contributed by atoms with E-state index in [0.717, 1.165) is 45.0 Å². The standard InChI is InChI=1S/C25H26N4O/c1-15(2)12-21(26)24-11-9-18-13-17(8-10-22(18)28-24)20-14-25(27-16(3)30)29-23-7-5-4-6-19(20)23/h4-11,13-15,21H,12,26H2,1-3H3,(H,27,29,30). The van der Waals surface area contributed by atoms with Crippen LogP contribution in [0.2, 0.25) is 0 Å². The average molecular weight is 399 g/mol. The molecule has 2 aromatic heterocycles. The van der Waals surface area contributed by atoms with Gasteiger partial charge in [-0.1, -0.05) is 44.2 Å². The minimum absolute atomic E-state index is 0.0570. The highest BCUT2D eigenvalue weighted by Gasteiger charge is 2.12. The van der Waals surface area contributed by atoms with Gasteiger partial charge in [0.25, 0.3) is 0 Å². The van der Waals surface area contributed by atoms with E-state index in [1.54, 1.807) is 0 Å². The number of fused-ring (bicyclic) bond motifs is 2. The number of carbonyl (C=O) groups excluding carboxylic acids is 1. The molecule has 2 aromatic carbocycles. The number of nitrogens with one attached hydrogen (secondary N) is 1. The van der Waals surface area contributed by atoms with E-state index in [1.165, 1.54) is 6.92 Å². The summed E-state index contributed by atoms with van der Waals surface area (Å²) in [4.78, 5) is 20.9. The van der Waals surface area contributed by atoms with Crippen LogP contribution in [0.15, 0.2) is 60.7 Å². The van der Waals surface area contributed by atoms with Gasteiger partial charge >= 0.3 is 0 Å². The highest BCUT2D eigenvalue weighted by Crippen LogP contribution is 2.32. The summed E-state index contributed by atoms with van der Waals surface area (Å²) in [6, 6.07) is 20.1. The Morgan fingerprint density at radius 3 is 2.57 bits per heavy atom. The van der Waals surface area contributed by atoms with Gasteiger partial charge in [0.15, 0.2) is 0 Å². The maximum atomic E-state index is 11.6. The van der Waals surface area contributed by atoms with Gasteiger partial charge in [0.2, 0.25) is 5.91 Å². The van der Waals surface area contributed by atoms with Gasteiger partial charge in [0.1, 0.15) is 5.82 Å². The predicted octanol–water partition coefficient (Wildman–Crippen LogP) is 5.45. The average Bonchev–Trinajstić information content (AvgIpc) is 2.71. The Balaban J connectivity index is 1.79. The molecule has 1 atom stereocenters.